The van der Waals surface area contributed by atoms with Crippen LogP contribution >= 0.6 is 21.6 Å². The summed E-state index contributed by atoms with van der Waals surface area (Å²) in [7, 11) is 3.48. The molecule has 4 heteroatoms. The van der Waals surface area contributed by atoms with Crippen LogP contribution in [0.25, 0.3) is 0 Å². The first-order valence-electron chi connectivity index (χ1n) is 6.25. The summed E-state index contributed by atoms with van der Waals surface area (Å²) < 4.78 is 0. The molecule has 0 unspecified atom stereocenters. The molecule has 0 atom stereocenters. The fourth-order valence-corrected chi connectivity index (χ4v) is 2.80. The summed E-state index contributed by atoms with van der Waals surface area (Å²) in [6, 6.07) is 5.91. The second-order valence-electron chi connectivity index (χ2n) is 2.50. The summed E-state index contributed by atoms with van der Waals surface area (Å²) in [5, 5.41) is 9.61. The van der Waals surface area contributed by atoms with E-state index in [4.69, 9.17) is 5.11 Å². The van der Waals surface area contributed by atoms with E-state index in [0.717, 1.165) is 23.6 Å². The molecule has 100 valence electrons. The highest BCUT2D eigenvalue weighted by molar-refractivity contribution is 8.76. The van der Waals surface area contributed by atoms with Gasteiger partial charge < -0.3 is 5.11 Å². The fraction of sp³-hybridized carbons (Fsp3) is 0.615. The Morgan fingerprint density at radius 2 is 1.82 bits per heavy atom. The lowest BCUT2D eigenvalue weighted by molar-refractivity contribution is 0.287. The summed E-state index contributed by atoms with van der Waals surface area (Å²) in [5.41, 5.74) is 0. The Balaban J connectivity index is 0. The third-order valence-corrected chi connectivity index (χ3v) is 3.77. The standard InChI is InChI=1S/C9H13NOS2.2C2H6/c11-7-3-4-8-12-13-9-5-1-2-6-10-9;2*1-2/h1-2,5-6,11H,3-4,7-8H2;2*1-2H3. The molecule has 0 amide bonds. The molecule has 1 aromatic heterocycles. The van der Waals surface area contributed by atoms with Crippen LogP contribution in [-0.4, -0.2) is 22.5 Å². The number of aliphatic hydroxyl groups is 1. The lowest BCUT2D eigenvalue weighted by atomic mass is 10.4. The molecule has 1 rings (SSSR count). The van der Waals surface area contributed by atoms with Gasteiger partial charge in [-0.3, -0.25) is 0 Å². The van der Waals surface area contributed by atoms with Crippen molar-refractivity contribution in [1.82, 2.24) is 4.98 Å². The van der Waals surface area contributed by atoms with E-state index in [9.17, 15) is 0 Å². The van der Waals surface area contributed by atoms with Crippen molar-refractivity contribution < 1.29 is 5.11 Å². The van der Waals surface area contributed by atoms with Crippen LogP contribution in [-0.2, 0) is 0 Å². The molecule has 0 fully saturated rings. The SMILES string of the molecule is CC.CC.OCCCCSSc1ccccn1. The molecular weight excluding hydrogens is 250 g/mol. The highest BCUT2D eigenvalue weighted by atomic mass is 33.1. The van der Waals surface area contributed by atoms with Crippen LogP contribution in [0.1, 0.15) is 40.5 Å². The van der Waals surface area contributed by atoms with Gasteiger partial charge in [0.15, 0.2) is 0 Å². The van der Waals surface area contributed by atoms with Gasteiger partial charge in [-0.05, 0) is 35.8 Å². The third-order valence-electron chi connectivity index (χ3n) is 1.42. The molecule has 0 spiro atoms. The van der Waals surface area contributed by atoms with Gasteiger partial charge in [0.1, 0.15) is 5.03 Å². The first-order valence-corrected chi connectivity index (χ1v) is 8.57. The van der Waals surface area contributed by atoms with E-state index < -0.39 is 0 Å². The van der Waals surface area contributed by atoms with Gasteiger partial charge in [0.25, 0.3) is 0 Å². The molecule has 0 saturated heterocycles. The van der Waals surface area contributed by atoms with Crippen molar-refractivity contribution in [3.05, 3.63) is 24.4 Å². The van der Waals surface area contributed by atoms with E-state index in [2.05, 4.69) is 4.98 Å². The summed E-state index contributed by atoms with van der Waals surface area (Å²) in [6.45, 7) is 8.30. The van der Waals surface area contributed by atoms with Crippen molar-refractivity contribution in [1.29, 1.82) is 0 Å². The molecule has 0 saturated carbocycles. The molecule has 0 aliphatic heterocycles. The quantitative estimate of drug-likeness (QED) is 0.605. The van der Waals surface area contributed by atoms with Crippen LogP contribution in [0.15, 0.2) is 29.4 Å². The number of aromatic nitrogens is 1. The highest BCUT2D eigenvalue weighted by Crippen LogP contribution is 2.29. The molecule has 0 aliphatic rings. The predicted octanol–water partition coefficient (Wildman–Crippen LogP) is 4.65. The van der Waals surface area contributed by atoms with Gasteiger partial charge in [0.05, 0.1) is 0 Å². The second kappa shape index (κ2) is 18.2. The maximum absolute atomic E-state index is 8.55. The first-order chi connectivity index (χ1) is 8.43. The van der Waals surface area contributed by atoms with Gasteiger partial charge in [-0.2, -0.15) is 0 Å². The number of rotatable bonds is 6. The first kappa shape index (κ1) is 19.2. The lowest BCUT2D eigenvalue weighted by Gasteiger charge is -1.98. The van der Waals surface area contributed by atoms with Crippen molar-refractivity contribution >= 4 is 21.6 Å². The Labute approximate surface area is 114 Å². The molecule has 17 heavy (non-hydrogen) atoms. The minimum Gasteiger partial charge on any atom is -0.396 e. The molecule has 1 heterocycles. The molecule has 1 aromatic rings. The van der Waals surface area contributed by atoms with E-state index >= 15 is 0 Å². The van der Waals surface area contributed by atoms with Crippen LogP contribution in [0.2, 0.25) is 0 Å². The Morgan fingerprint density at radius 3 is 2.35 bits per heavy atom. The summed E-state index contributed by atoms with van der Waals surface area (Å²) in [5.74, 6) is 1.07. The molecule has 0 aromatic carbocycles. The summed E-state index contributed by atoms with van der Waals surface area (Å²) in [6.07, 6.45) is 3.77. The highest BCUT2D eigenvalue weighted by Gasteiger charge is 1.94. The Bertz CT molecular complexity index is 220. The van der Waals surface area contributed by atoms with Crippen molar-refractivity contribution in [2.75, 3.05) is 12.4 Å². The van der Waals surface area contributed by atoms with Gasteiger partial charge in [-0.25, -0.2) is 4.98 Å². The van der Waals surface area contributed by atoms with Gasteiger partial charge in [0, 0.05) is 18.6 Å². The normalized spacial score (nSPS) is 8.53. The molecule has 0 aliphatic carbocycles. The van der Waals surface area contributed by atoms with Gasteiger partial charge in [-0.1, -0.05) is 44.6 Å². The van der Waals surface area contributed by atoms with Gasteiger partial charge in [-0.15, -0.1) is 0 Å². The number of hydrogen-bond donors (Lipinski definition) is 1. The van der Waals surface area contributed by atoms with Gasteiger partial charge in [0.2, 0.25) is 0 Å². The minimum absolute atomic E-state index is 0.300. The van der Waals surface area contributed by atoms with E-state index in [1.807, 2.05) is 45.9 Å². The third kappa shape index (κ3) is 13.7. The van der Waals surface area contributed by atoms with Crippen molar-refractivity contribution in [3.63, 3.8) is 0 Å². The van der Waals surface area contributed by atoms with E-state index in [1.54, 1.807) is 27.8 Å². The maximum Gasteiger partial charge on any atom is 0.106 e. The maximum atomic E-state index is 8.55. The molecule has 0 bridgehead atoms. The zero-order valence-electron chi connectivity index (χ0n) is 11.3. The minimum atomic E-state index is 0.300. The number of unbranched alkanes of at least 4 members (excludes halogenated alkanes) is 1. The zero-order valence-corrected chi connectivity index (χ0v) is 13.0. The number of pyridine rings is 1. The summed E-state index contributed by atoms with van der Waals surface area (Å²) >= 11 is 0. The lowest BCUT2D eigenvalue weighted by Crippen LogP contribution is -1.83. The van der Waals surface area contributed by atoms with E-state index in [0.29, 0.717) is 6.61 Å². The zero-order chi connectivity index (χ0) is 13.4. The Kier molecular flexibility index (Phi) is 20.5. The number of aliphatic hydroxyl groups excluding tert-OH is 1. The van der Waals surface area contributed by atoms with Crippen LogP contribution in [0.5, 0.6) is 0 Å². The molecule has 1 N–H and O–H groups in total. The summed E-state index contributed by atoms with van der Waals surface area (Å²) in [4.78, 5) is 4.19. The van der Waals surface area contributed by atoms with Crippen molar-refractivity contribution in [2.45, 2.75) is 45.6 Å². The largest absolute Gasteiger partial charge is 0.396 e. The second-order valence-corrected chi connectivity index (χ2v) is 4.94. The average molecular weight is 275 g/mol. The van der Waals surface area contributed by atoms with Crippen LogP contribution in [0.3, 0.4) is 0 Å². The number of nitrogens with zero attached hydrogens (tertiary/aromatic N) is 1. The predicted molar refractivity (Wildman–Crippen MR) is 81.6 cm³/mol. The number of hydrogen-bond acceptors (Lipinski definition) is 4. The smallest absolute Gasteiger partial charge is 0.106 e. The van der Waals surface area contributed by atoms with Crippen molar-refractivity contribution in [2.24, 2.45) is 0 Å². The molecule has 2 nitrogen and oxygen atoms in total. The molecular formula is C13H25NOS2. The van der Waals surface area contributed by atoms with E-state index in [-0.39, 0.29) is 0 Å². The Morgan fingerprint density at radius 1 is 1.12 bits per heavy atom. The average Bonchev–Trinajstić information content (AvgIpc) is 2.44. The molecule has 0 radical (unpaired) electrons. The van der Waals surface area contributed by atoms with Crippen LogP contribution in [0, 0.1) is 0 Å². The monoisotopic (exact) mass is 275 g/mol. The Hall–Kier alpha value is -0.190. The van der Waals surface area contributed by atoms with Crippen LogP contribution < -0.4 is 0 Å². The van der Waals surface area contributed by atoms with Gasteiger partial charge >= 0.3 is 0 Å². The fourth-order valence-electron chi connectivity index (χ4n) is 0.771. The van der Waals surface area contributed by atoms with E-state index in [1.165, 1.54) is 0 Å². The topological polar surface area (TPSA) is 33.1 Å². The van der Waals surface area contributed by atoms with Crippen molar-refractivity contribution in [3.8, 4) is 0 Å². The van der Waals surface area contributed by atoms with Crippen LogP contribution in [0.4, 0.5) is 0 Å².